The minimum Gasteiger partial charge on any atom is -0.386 e. The molecule has 0 aliphatic carbocycles. The van der Waals surface area contributed by atoms with E-state index in [1.54, 1.807) is 4.68 Å². The standard InChI is InChI=1S/C14H18N2O/c1-10-4-5-11(2)13(8-10)14(17)9-16-7-6-12(3)15-16/h4-8,14,17H,9H2,1-3H3. The number of rotatable bonds is 3. The number of hydrogen-bond donors (Lipinski definition) is 1. The maximum Gasteiger partial charge on any atom is 0.0988 e. The van der Waals surface area contributed by atoms with E-state index >= 15 is 0 Å². The van der Waals surface area contributed by atoms with Gasteiger partial charge in [-0.2, -0.15) is 5.10 Å². The van der Waals surface area contributed by atoms with Crippen molar-refractivity contribution in [3.63, 3.8) is 0 Å². The second kappa shape index (κ2) is 4.72. The molecule has 2 rings (SSSR count). The Balaban J connectivity index is 2.19. The van der Waals surface area contributed by atoms with Crippen molar-refractivity contribution >= 4 is 0 Å². The van der Waals surface area contributed by atoms with Crippen LogP contribution < -0.4 is 0 Å². The Morgan fingerprint density at radius 1 is 1.24 bits per heavy atom. The summed E-state index contributed by atoms with van der Waals surface area (Å²) < 4.78 is 1.78. The minimum atomic E-state index is -0.505. The van der Waals surface area contributed by atoms with Crippen LogP contribution in [0.1, 0.15) is 28.5 Å². The molecule has 0 fully saturated rings. The molecule has 0 aliphatic rings. The van der Waals surface area contributed by atoms with Crippen LogP contribution in [-0.4, -0.2) is 14.9 Å². The first-order valence-corrected chi connectivity index (χ1v) is 5.81. The molecule has 1 unspecified atom stereocenters. The van der Waals surface area contributed by atoms with E-state index in [1.165, 1.54) is 5.56 Å². The lowest BCUT2D eigenvalue weighted by molar-refractivity contribution is 0.150. The number of aliphatic hydroxyl groups is 1. The molecule has 0 amide bonds. The largest absolute Gasteiger partial charge is 0.386 e. The number of benzene rings is 1. The molecular formula is C14H18N2O. The summed E-state index contributed by atoms with van der Waals surface area (Å²) in [7, 11) is 0. The molecule has 0 saturated carbocycles. The van der Waals surface area contributed by atoms with Crippen molar-refractivity contribution in [1.29, 1.82) is 0 Å². The molecule has 1 aromatic heterocycles. The molecule has 1 heterocycles. The second-order valence-electron chi connectivity index (χ2n) is 4.55. The van der Waals surface area contributed by atoms with E-state index in [0.717, 1.165) is 16.8 Å². The Bertz CT molecular complexity index is 517. The van der Waals surface area contributed by atoms with Gasteiger partial charge in [0.1, 0.15) is 0 Å². The first-order chi connectivity index (χ1) is 8.06. The first-order valence-electron chi connectivity index (χ1n) is 5.81. The Kier molecular flexibility index (Phi) is 3.29. The molecule has 0 radical (unpaired) electrons. The number of aromatic nitrogens is 2. The quantitative estimate of drug-likeness (QED) is 0.880. The number of aryl methyl sites for hydroxylation is 3. The van der Waals surface area contributed by atoms with Crippen molar-refractivity contribution in [2.45, 2.75) is 33.4 Å². The van der Waals surface area contributed by atoms with Crippen LogP contribution in [0.15, 0.2) is 30.5 Å². The van der Waals surface area contributed by atoms with Gasteiger partial charge in [-0.05, 0) is 38.0 Å². The molecular weight excluding hydrogens is 212 g/mol. The first kappa shape index (κ1) is 11.9. The zero-order valence-electron chi connectivity index (χ0n) is 10.5. The summed E-state index contributed by atoms with van der Waals surface area (Å²) >= 11 is 0. The highest BCUT2D eigenvalue weighted by atomic mass is 16.3. The zero-order valence-corrected chi connectivity index (χ0v) is 10.5. The number of nitrogens with zero attached hydrogens (tertiary/aromatic N) is 2. The molecule has 1 atom stereocenters. The van der Waals surface area contributed by atoms with Crippen molar-refractivity contribution in [3.8, 4) is 0 Å². The average molecular weight is 230 g/mol. The Hall–Kier alpha value is -1.61. The van der Waals surface area contributed by atoms with Crippen molar-refractivity contribution in [1.82, 2.24) is 9.78 Å². The topological polar surface area (TPSA) is 38.0 Å². The molecule has 2 aromatic rings. The maximum absolute atomic E-state index is 10.2. The Morgan fingerprint density at radius 3 is 2.65 bits per heavy atom. The van der Waals surface area contributed by atoms with Gasteiger partial charge in [-0.25, -0.2) is 0 Å². The fourth-order valence-corrected chi connectivity index (χ4v) is 1.96. The molecule has 1 N–H and O–H groups in total. The average Bonchev–Trinajstić information content (AvgIpc) is 2.67. The van der Waals surface area contributed by atoms with E-state index in [2.05, 4.69) is 11.2 Å². The Morgan fingerprint density at radius 2 is 2.00 bits per heavy atom. The van der Waals surface area contributed by atoms with E-state index in [4.69, 9.17) is 0 Å². The Labute approximate surface area is 102 Å². The lowest BCUT2D eigenvalue weighted by atomic mass is 10.0. The summed E-state index contributed by atoms with van der Waals surface area (Å²) in [5.41, 5.74) is 4.24. The lowest BCUT2D eigenvalue weighted by Crippen LogP contribution is -2.10. The highest BCUT2D eigenvalue weighted by Gasteiger charge is 2.11. The van der Waals surface area contributed by atoms with Crippen LogP contribution in [-0.2, 0) is 6.54 Å². The van der Waals surface area contributed by atoms with Crippen molar-refractivity contribution < 1.29 is 5.11 Å². The second-order valence-corrected chi connectivity index (χ2v) is 4.55. The summed E-state index contributed by atoms with van der Waals surface area (Å²) in [6.07, 6.45) is 1.39. The summed E-state index contributed by atoms with van der Waals surface area (Å²) in [6.45, 7) is 6.50. The van der Waals surface area contributed by atoms with Gasteiger partial charge in [0.15, 0.2) is 0 Å². The molecule has 0 spiro atoms. The van der Waals surface area contributed by atoms with Crippen molar-refractivity contribution in [3.05, 3.63) is 52.8 Å². The summed E-state index contributed by atoms with van der Waals surface area (Å²) in [6, 6.07) is 8.08. The molecule has 0 bridgehead atoms. The third kappa shape index (κ3) is 2.74. The fourth-order valence-electron chi connectivity index (χ4n) is 1.96. The zero-order chi connectivity index (χ0) is 12.4. The highest BCUT2D eigenvalue weighted by molar-refractivity contribution is 5.32. The smallest absolute Gasteiger partial charge is 0.0988 e. The molecule has 0 saturated heterocycles. The van der Waals surface area contributed by atoms with E-state index in [1.807, 2.05) is 45.2 Å². The van der Waals surface area contributed by atoms with Crippen LogP contribution >= 0.6 is 0 Å². The summed E-state index contributed by atoms with van der Waals surface area (Å²) in [5, 5.41) is 14.5. The van der Waals surface area contributed by atoms with E-state index in [0.29, 0.717) is 6.54 Å². The van der Waals surface area contributed by atoms with Gasteiger partial charge >= 0.3 is 0 Å². The molecule has 3 heteroatoms. The van der Waals surface area contributed by atoms with Gasteiger partial charge in [-0.3, -0.25) is 4.68 Å². The third-order valence-electron chi connectivity index (χ3n) is 2.93. The van der Waals surface area contributed by atoms with Gasteiger partial charge < -0.3 is 5.11 Å². The molecule has 0 aliphatic heterocycles. The van der Waals surface area contributed by atoms with Crippen LogP contribution in [0.4, 0.5) is 0 Å². The minimum absolute atomic E-state index is 0.498. The van der Waals surface area contributed by atoms with E-state index in [-0.39, 0.29) is 0 Å². The van der Waals surface area contributed by atoms with Crippen LogP contribution in [0.25, 0.3) is 0 Å². The highest BCUT2D eigenvalue weighted by Crippen LogP contribution is 2.20. The van der Waals surface area contributed by atoms with Gasteiger partial charge in [0, 0.05) is 6.20 Å². The van der Waals surface area contributed by atoms with Gasteiger partial charge in [-0.15, -0.1) is 0 Å². The van der Waals surface area contributed by atoms with Gasteiger partial charge in [0.2, 0.25) is 0 Å². The number of aliphatic hydroxyl groups excluding tert-OH is 1. The summed E-state index contributed by atoms with van der Waals surface area (Å²) in [5.74, 6) is 0. The maximum atomic E-state index is 10.2. The van der Waals surface area contributed by atoms with Crippen LogP contribution in [0.5, 0.6) is 0 Å². The van der Waals surface area contributed by atoms with Gasteiger partial charge in [-0.1, -0.05) is 23.8 Å². The van der Waals surface area contributed by atoms with Gasteiger partial charge in [0.25, 0.3) is 0 Å². The molecule has 17 heavy (non-hydrogen) atoms. The summed E-state index contributed by atoms with van der Waals surface area (Å²) in [4.78, 5) is 0. The normalized spacial score (nSPS) is 12.7. The SMILES string of the molecule is Cc1ccc(C)c(C(O)Cn2ccc(C)n2)c1. The lowest BCUT2D eigenvalue weighted by Gasteiger charge is -2.14. The molecule has 3 nitrogen and oxygen atoms in total. The third-order valence-corrected chi connectivity index (χ3v) is 2.93. The van der Waals surface area contributed by atoms with Crippen molar-refractivity contribution in [2.24, 2.45) is 0 Å². The van der Waals surface area contributed by atoms with E-state index in [9.17, 15) is 5.11 Å². The van der Waals surface area contributed by atoms with E-state index < -0.39 is 6.10 Å². The van der Waals surface area contributed by atoms with Gasteiger partial charge in [0.05, 0.1) is 18.3 Å². The van der Waals surface area contributed by atoms with Crippen LogP contribution in [0.3, 0.4) is 0 Å². The number of hydrogen-bond acceptors (Lipinski definition) is 2. The molecule has 1 aromatic carbocycles. The molecule has 90 valence electrons. The van der Waals surface area contributed by atoms with Crippen LogP contribution in [0.2, 0.25) is 0 Å². The van der Waals surface area contributed by atoms with Crippen LogP contribution in [0, 0.1) is 20.8 Å². The fraction of sp³-hybridized carbons (Fsp3) is 0.357. The van der Waals surface area contributed by atoms with Crippen molar-refractivity contribution in [2.75, 3.05) is 0 Å². The predicted octanol–water partition coefficient (Wildman–Crippen LogP) is 2.54. The predicted molar refractivity (Wildman–Crippen MR) is 67.8 cm³/mol. The monoisotopic (exact) mass is 230 g/mol.